The molecular weight excluding hydrogens is 155 g/mol. The van der Waals surface area contributed by atoms with Crippen molar-refractivity contribution in [1.82, 2.24) is 0 Å². The molecule has 0 aliphatic heterocycles. The molecule has 0 amide bonds. The maximum Gasteiger partial charge on any atom is 0.120 e. The molecule has 0 atom stereocenters. The summed E-state index contributed by atoms with van der Waals surface area (Å²) in [6.45, 7) is 4.56. The number of hydrogen-bond acceptors (Lipinski definition) is 0. The molecule has 0 spiro atoms. The number of unbranched alkanes of at least 4 members (excludes halogenated alkanes) is 6. The lowest BCUT2D eigenvalue weighted by Crippen LogP contribution is -1.89. The molecule has 0 saturated heterocycles. The van der Waals surface area contributed by atoms with E-state index in [-0.39, 0.29) is 0 Å². The Bertz CT molecular complexity index is 71.2. The van der Waals surface area contributed by atoms with Gasteiger partial charge in [-0.1, -0.05) is 77.9 Å². The molecule has 0 aromatic rings. The lowest BCUT2D eigenvalue weighted by molar-refractivity contribution is 0.689. The van der Waals surface area contributed by atoms with Gasteiger partial charge < -0.3 is 0 Å². The minimum atomic E-state index is 1.37. The summed E-state index contributed by atoms with van der Waals surface area (Å²) in [6, 6.07) is 0. The Kier molecular flexibility index (Phi) is 12.1. The van der Waals surface area contributed by atoms with Crippen molar-refractivity contribution < 1.29 is 0 Å². The monoisotopic (exact) mass is 182 g/mol. The molecule has 0 aliphatic rings. The smallest absolute Gasteiger partial charge is 0.0774 e. The third-order valence-electron chi connectivity index (χ3n) is 2.71. The highest BCUT2D eigenvalue weighted by Crippen LogP contribution is 2.06. The van der Waals surface area contributed by atoms with Crippen LogP contribution in [-0.2, 0) is 0 Å². The first-order valence-electron chi connectivity index (χ1n) is 6.41. The van der Waals surface area contributed by atoms with E-state index in [1.165, 1.54) is 71.3 Å². The van der Waals surface area contributed by atoms with E-state index in [0.29, 0.717) is 0 Å². The van der Waals surface area contributed by atoms with Gasteiger partial charge in [-0.2, -0.15) is 0 Å². The van der Waals surface area contributed by atoms with Crippen LogP contribution in [0.2, 0.25) is 12.6 Å². The molecule has 0 aliphatic carbocycles. The van der Waals surface area contributed by atoms with Gasteiger partial charge in [0, 0.05) is 0 Å². The zero-order valence-corrected chi connectivity index (χ0v) is 9.78. The van der Waals surface area contributed by atoms with Gasteiger partial charge in [-0.25, -0.2) is 0 Å². The molecule has 0 fully saturated rings. The first-order valence-corrected chi connectivity index (χ1v) is 6.41. The van der Waals surface area contributed by atoms with Gasteiger partial charge in [-0.05, 0) is 0 Å². The Balaban J connectivity index is 2.76. The van der Waals surface area contributed by atoms with Crippen molar-refractivity contribution in [2.75, 3.05) is 0 Å². The van der Waals surface area contributed by atoms with Gasteiger partial charge in [-0.3, -0.25) is 0 Å². The lowest BCUT2D eigenvalue weighted by atomic mass is 9.68. The molecule has 0 heterocycles. The normalized spacial score (nSPS) is 10.3. The van der Waals surface area contributed by atoms with E-state index in [9.17, 15) is 0 Å². The summed E-state index contributed by atoms with van der Waals surface area (Å²) in [5, 5.41) is 0. The second-order valence-corrected chi connectivity index (χ2v) is 4.18. The van der Waals surface area contributed by atoms with Crippen LogP contribution in [0.5, 0.6) is 0 Å². The van der Waals surface area contributed by atoms with Crippen molar-refractivity contribution in [3.8, 4) is 0 Å². The third-order valence-corrected chi connectivity index (χ3v) is 2.71. The summed E-state index contributed by atoms with van der Waals surface area (Å²) in [7, 11) is 1.48. The predicted octanol–water partition coefficient (Wildman–Crippen LogP) is 4.42. The minimum absolute atomic E-state index is 1.37. The summed E-state index contributed by atoms with van der Waals surface area (Å²) in [6.07, 6.45) is 14.5. The first kappa shape index (κ1) is 13.1. The van der Waals surface area contributed by atoms with Crippen LogP contribution < -0.4 is 0 Å². The van der Waals surface area contributed by atoms with E-state index in [1.807, 2.05) is 0 Å². The molecule has 0 aromatic heterocycles. The van der Waals surface area contributed by atoms with Crippen molar-refractivity contribution >= 4 is 7.28 Å². The van der Waals surface area contributed by atoms with E-state index in [1.54, 1.807) is 0 Å². The molecule has 0 saturated carbocycles. The standard InChI is InChI=1S/C12H27B/c1-3-5-7-9-11-13-12-10-8-6-4-2/h13H,3-12H2,1-2H3. The minimum Gasteiger partial charge on any atom is -0.0774 e. The Labute approximate surface area is 85.7 Å². The van der Waals surface area contributed by atoms with Crippen LogP contribution >= 0.6 is 0 Å². The Morgan fingerprint density at radius 2 is 1.08 bits per heavy atom. The van der Waals surface area contributed by atoms with Gasteiger partial charge in [0.2, 0.25) is 0 Å². The zero-order chi connectivity index (χ0) is 9.78. The van der Waals surface area contributed by atoms with Crippen LogP contribution in [0, 0.1) is 0 Å². The molecule has 1 heteroatoms. The van der Waals surface area contributed by atoms with E-state index < -0.39 is 0 Å². The summed E-state index contributed by atoms with van der Waals surface area (Å²) in [5.41, 5.74) is 0. The fourth-order valence-electron chi connectivity index (χ4n) is 1.74. The molecule has 0 rings (SSSR count). The first-order chi connectivity index (χ1) is 6.41. The number of rotatable bonds is 10. The maximum atomic E-state index is 2.28. The largest absolute Gasteiger partial charge is 0.120 e. The Hall–Kier alpha value is 0.0649. The molecule has 0 radical (unpaired) electrons. The predicted molar refractivity (Wildman–Crippen MR) is 65.0 cm³/mol. The van der Waals surface area contributed by atoms with Gasteiger partial charge in [0.05, 0.1) is 0 Å². The average Bonchev–Trinajstić information content (AvgIpc) is 2.16. The zero-order valence-electron chi connectivity index (χ0n) is 9.78. The van der Waals surface area contributed by atoms with Crippen LogP contribution in [0.15, 0.2) is 0 Å². The third kappa shape index (κ3) is 12.1. The second kappa shape index (κ2) is 12.1. The van der Waals surface area contributed by atoms with Gasteiger partial charge >= 0.3 is 0 Å². The van der Waals surface area contributed by atoms with E-state index in [0.717, 1.165) is 0 Å². The molecule has 0 unspecified atom stereocenters. The van der Waals surface area contributed by atoms with Gasteiger partial charge in [0.15, 0.2) is 0 Å². The summed E-state index contributed by atoms with van der Waals surface area (Å²) in [4.78, 5) is 0. The molecule has 0 nitrogen and oxygen atoms in total. The van der Waals surface area contributed by atoms with Crippen molar-refractivity contribution in [3.63, 3.8) is 0 Å². The van der Waals surface area contributed by atoms with Crippen LogP contribution in [-0.4, -0.2) is 7.28 Å². The molecule has 0 bridgehead atoms. The van der Waals surface area contributed by atoms with E-state index in [4.69, 9.17) is 0 Å². The SMILES string of the molecule is CCCCCCBCCCCCC. The highest BCUT2D eigenvalue weighted by molar-refractivity contribution is 6.35. The van der Waals surface area contributed by atoms with Crippen molar-refractivity contribution in [1.29, 1.82) is 0 Å². The van der Waals surface area contributed by atoms with E-state index >= 15 is 0 Å². The highest BCUT2D eigenvalue weighted by Gasteiger charge is 1.92. The second-order valence-electron chi connectivity index (χ2n) is 4.18. The Morgan fingerprint density at radius 3 is 1.46 bits per heavy atom. The van der Waals surface area contributed by atoms with Crippen molar-refractivity contribution in [2.24, 2.45) is 0 Å². The molecule has 78 valence electrons. The maximum absolute atomic E-state index is 2.28. The van der Waals surface area contributed by atoms with E-state index in [2.05, 4.69) is 13.8 Å². The quantitative estimate of drug-likeness (QED) is 0.346. The molecule has 0 aromatic carbocycles. The average molecular weight is 182 g/mol. The summed E-state index contributed by atoms with van der Waals surface area (Å²) < 4.78 is 0. The van der Waals surface area contributed by atoms with Crippen molar-refractivity contribution in [2.45, 2.75) is 77.9 Å². The summed E-state index contributed by atoms with van der Waals surface area (Å²) >= 11 is 0. The fourth-order valence-corrected chi connectivity index (χ4v) is 1.74. The van der Waals surface area contributed by atoms with Crippen LogP contribution in [0.3, 0.4) is 0 Å². The Morgan fingerprint density at radius 1 is 0.615 bits per heavy atom. The topological polar surface area (TPSA) is 0 Å². The lowest BCUT2D eigenvalue weighted by Gasteiger charge is -1.99. The molecular formula is C12H27B. The van der Waals surface area contributed by atoms with Crippen LogP contribution in [0.1, 0.15) is 65.2 Å². The molecule has 0 N–H and O–H groups in total. The van der Waals surface area contributed by atoms with Crippen LogP contribution in [0.25, 0.3) is 0 Å². The highest BCUT2D eigenvalue weighted by atomic mass is 13.9. The van der Waals surface area contributed by atoms with Gasteiger partial charge in [0.25, 0.3) is 0 Å². The summed E-state index contributed by atoms with van der Waals surface area (Å²) in [5.74, 6) is 0. The molecule has 13 heavy (non-hydrogen) atoms. The fraction of sp³-hybridized carbons (Fsp3) is 1.00. The van der Waals surface area contributed by atoms with Gasteiger partial charge in [-0.15, -0.1) is 0 Å². The van der Waals surface area contributed by atoms with Crippen LogP contribution in [0.4, 0.5) is 0 Å². The number of hydrogen-bond donors (Lipinski definition) is 0. The van der Waals surface area contributed by atoms with Crippen molar-refractivity contribution in [3.05, 3.63) is 0 Å². The van der Waals surface area contributed by atoms with Gasteiger partial charge in [0.1, 0.15) is 7.28 Å².